The zero-order chi connectivity index (χ0) is 14.4. The van der Waals surface area contributed by atoms with Gasteiger partial charge < -0.3 is 4.40 Å². The zero-order valence-electron chi connectivity index (χ0n) is 11.4. The van der Waals surface area contributed by atoms with Crippen LogP contribution in [0.25, 0.3) is 15.9 Å². The summed E-state index contributed by atoms with van der Waals surface area (Å²) in [6.07, 6.45) is 5.48. The van der Waals surface area contributed by atoms with Crippen molar-refractivity contribution in [2.75, 3.05) is 0 Å². The molecule has 4 aromatic heterocycles. The fraction of sp³-hybridized carbons (Fsp3) is 0.133. The highest BCUT2D eigenvalue weighted by molar-refractivity contribution is 7.18. The molecule has 6 heteroatoms. The first-order valence-electron chi connectivity index (χ1n) is 6.59. The fourth-order valence-electron chi connectivity index (χ4n) is 2.43. The van der Waals surface area contributed by atoms with E-state index in [4.69, 9.17) is 0 Å². The maximum absolute atomic E-state index is 12.5. The van der Waals surface area contributed by atoms with Crippen LogP contribution in [0.1, 0.15) is 10.6 Å². The summed E-state index contributed by atoms with van der Waals surface area (Å²) >= 11 is 1.54. The third kappa shape index (κ3) is 2.04. The number of fused-ring (bicyclic) bond motifs is 2. The van der Waals surface area contributed by atoms with Crippen LogP contribution in [0.2, 0.25) is 0 Å². The summed E-state index contributed by atoms with van der Waals surface area (Å²) in [4.78, 5) is 23.2. The van der Waals surface area contributed by atoms with Gasteiger partial charge in [0.15, 0.2) is 0 Å². The van der Waals surface area contributed by atoms with E-state index in [1.54, 1.807) is 22.2 Å². The minimum atomic E-state index is -0.0126. The van der Waals surface area contributed by atoms with E-state index in [-0.39, 0.29) is 5.56 Å². The van der Waals surface area contributed by atoms with E-state index >= 15 is 0 Å². The highest BCUT2D eigenvalue weighted by Gasteiger charge is 2.09. The third-order valence-corrected chi connectivity index (χ3v) is 4.35. The van der Waals surface area contributed by atoms with Crippen LogP contribution in [0.3, 0.4) is 0 Å². The van der Waals surface area contributed by atoms with Crippen LogP contribution in [0.5, 0.6) is 0 Å². The molecule has 0 amide bonds. The number of nitrogens with zero attached hydrogens (tertiary/aromatic N) is 4. The first kappa shape index (κ1) is 12.3. The number of hydrogen-bond donors (Lipinski definition) is 0. The van der Waals surface area contributed by atoms with E-state index in [0.717, 1.165) is 21.0 Å². The van der Waals surface area contributed by atoms with Crippen molar-refractivity contribution in [2.45, 2.75) is 13.5 Å². The van der Waals surface area contributed by atoms with Crippen LogP contribution >= 0.6 is 11.3 Å². The minimum Gasteiger partial charge on any atom is -0.307 e. The molecule has 4 heterocycles. The Balaban J connectivity index is 1.79. The highest BCUT2D eigenvalue weighted by atomic mass is 32.1. The lowest BCUT2D eigenvalue weighted by atomic mass is 10.3. The summed E-state index contributed by atoms with van der Waals surface area (Å²) in [6.45, 7) is 2.41. The van der Waals surface area contributed by atoms with Gasteiger partial charge in [-0.3, -0.25) is 9.36 Å². The highest BCUT2D eigenvalue weighted by Crippen LogP contribution is 2.19. The molecule has 21 heavy (non-hydrogen) atoms. The molecule has 104 valence electrons. The van der Waals surface area contributed by atoms with Crippen LogP contribution in [0, 0.1) is 6.92 Å². The van der Waals surface area contributed by atoms with Crippen LogP contribution in [0.15, 0.2) is 47.8 Å². The Morgan fingerprint density at radius 2 is 2.24 bits per heavy atom. The average molecular weight is 296 g/mol. The largest absolute Gasteiger partial charge is 0.307 e. The van der Waals surface area contributed by atoms with Crippen molar-refractivity contribution in [1.29, 1.82) is 0 Å². The molecule has 0 saturated carbocycles. The van der Waals surface area contributed by atoms with Gasteiger partial charge in [0.2, 0.25) is 0 Å². The molecule has 0 aliphatic rings. The average Bonchev–Trinajstić information content (AvgIpc) is 3.04. The standard InChI is InChI=1S/C15H12N4OS/c1-10-6-12-14(21-10)16-9-19(15(12)20)8-11-7-18-5-3-2-4-13(18)17-11/h2-7,9H,8H2,1H3. The monoisotopic (exact) mass is 296 g/mol. The molecule has 0 N–H and O–H groups in total. The number of pyridine rings is 1. The van der Waals surface area contributed by atoms with E-state index < -0.39 is 0 Å². The number of rotatable bonds is 2. The van der Waals surface area contributed by atoms with E-state index in [1.807, 2.05) is 48.0 Å². The molecule has 0 spiro atoms. The van der Waals surface area contributed by atoms with Gasteiger partial charge in [-0.05, 0) is 25.1 Å². The molecule has 0 radical (unpaired) electrons. The Labute approximate surface area is 124 Å². The van der Waals surface area contributed by atoms with Gasteiger partial charge in [-0.1, -0.05) is 6.07 Å². The van der Waals surface area contributed by atoms with Gasteiger partial charge in [-0.15, -0.1) is 11.3 Å². The maximum Gasteiger partial charge on any atom is 0.262 e. The first-order chi connectivity index (χ1) is 10.2. The molecule has 4 aromatic rings. The molecule has 0 saturated heterocycles. The smallest absolute Gasteiger partial charge is 0.262 e. The third-order valence-electron chi connectivity index (χ3n) is 3.39. The Kier molecular flexibility index (Phi) is 2.65. The second kappa shape index (κ2) is 4.53. The lowest BCUT2D eigenvalue weighted by Gasteiger charge is -2.01. The molecule has 0 aromatic carbocycles. The second-order valence-electron chi connectivity index (χ2n) is 4.95. The van der Waals surface area contributed by atoms with Crippen molar-refractivity contribution in [3.8, 4) is 0 Å². The lowest BCUT2D eigenvalue weighted by Crippen LogP contribution is -2.20. The van der Waals surface area contributed by atoms with Gasteiger partial charge in [-0.25, -0.2) is 9.97 Å². The van der Waals surface area contributed by atoms with Crippen LogP contribution in [0.4, 0.5) is 0 Å². The van der Waals surface area contributed by atoms with E-state index in [2.05, 4.69) is 9.97 Å². The van der Waals surface area contributed by atoms with Crippen molar-refractivity contribution >= 4 is 27.2 Å². The van der Waals surface area contributed by atoms with Gasteiger partial charge >= 0.3 is 0 Å². The maximum atomic E-state index is 12.5. The quantitative estimate of drug-likeness (QED) is 0.571. The molecule has 4 rings (SSSR count). The van der Waals surface area contributed by atoms with Crippen LogP contribution < -0.4 is 5.56 Å². The molecule has 0 aliphatic heterocycles. The topological polar surface area (TPSA) is 52.2 Å². The van der Waals surface area contributed by atoms with Gasteiger partial charge in [-0.2, -0.15) is 0 Å². The number of aryl methyl sites for hydroxylation is 1. The van der Waals surface area contributed by atoms with Crippen molar-refractivity contribution < 1.29 is 0 Å². The Morgan fingerprint density at radius 1 is 1.33 bits per heavy atom. The van der Waals surface area contributed by atoms with Gasteiger partial charge in [0.1, 0.15) is 10.5 Å². The van der Waals surface area contributed by atoms with Crippen molar-refractivity contribution in [1.82, 2.24) is 18.9 Å². The lowest BCUT2D eigenvalue weighted by molar-refractivity contribution is 0.735. The summed E-state index contributed by atoms with van der Waals surface area (Å²) in [6, 6.07) is 7.73. The van der Waals surface area contributed by atoms with Crippen molar-refractivity contribution in [2.24, 2.45) is 0 Å². The Hall–Kier alpha value is -2.47. The molecule has 0 bridgehead atoms. The summed E-state index contributed by atoms with van der Waals surface area (Å²) in [5.41, 5.74) is 1.71. The zero-order valence-corrected chi connectivity index (χ0v) is 12.2. The Bertz CT molecular complexity index is 978. The number of aromatic nitrogens is 4. The summed E-state index contributed by atoms with van der Waals surface area (Å²) < 4.78 is 3.55. The van der Waals surface area contributed by atoms with Gasteiger partial charge in [0, 0.05) is 17.3 Å². The predicted octanol–water partition coefficient (Wildman–Crippen LogP) is 2.46. The van der Waals surface area contributed by atoms with Gasteiger partial charge in [0.25, 0.3) is 5.56 Å². The van der Waals surface area contributed by atoms with Gasteiger partial charge in [0.05, 0.1) is 24.0 Å². The number of hydrogen-bond acceptors (Lipinski definition) is 4. The van der Waals surface area contributed by atoms with E-state index in [0.29, 0.717) is 11.9 Å². The van der Waals surface area contributed by atoms with E-state index in [1.165, 1.54) is 0 Å². The fourth-order valence-corrected chi connectivity index (χ4v) is 3.27. The predicted molar refractivity (Wildman–Crippen MR) is 82.9 cm³/mol. The van der Waals surface area contributed by atoms with Crippen LogP contribution in [-0.2, 0) is 6.54 Å². The summed E-state index contributed by atoms with van der Waals surface area (Å²) in [7, 11) is 0. The second-order valence-corrected chi connectivity index (χ2v) is 6.19. The SMILES string of the molecule is Cc1cc2c(=O)n(Cc3cn4ccccc4n3)cnc2s1. The molecule has 0 aliphatic carbocycles. The normalized spacial score (nSPS) is 11.5. The number of thiophene rings is 1. The van der Waals surface area contributed by atoms with Crippen molar-refractivity contribution in [3.05, 3.63) is 63.9 Å². The molecule has 5 nitrogen and oxygen atoms in total. The summed E-state index contributed by atoms with van der Waals surface area (Å²) in [5.74, 6) is 0. The molecule has 0 unspecified atom stereocenters. The molecular formula is C15H12N4OS. The first-order valence-corrected chi connectivity index (χ1v) is 7.40. The molecule has 0 fully saturated rings. The number of imidazole rings is 1. The molecule has 0 atom stereocenters. The molecular weight excluding hydrogens is 284 g/mol. The minimum absolute atomic E-state index is 0.0126. The summed E-state index contributed by atoms with van der Waals surface area (Å²) in [5, 5.41) is 0.684. The van der Waals surface area contributed by atoms with Crippen molar-refractivity contribution in [3.63, 3.8) is 0 Å². The Morgan fingerprint density at radius 3 is 3.10 bits per heavy atom. The van der Waals surface area contributed by atoms with E-state index in [9.17, 15) is 4.79 Å². The van der Waals surface area contributed by atoms with Crippen LogP contribution in [-0.4, -0.2) is 18.9 Å².